The summed E-state index contributed by atoms with van der Waals surface area (Å²) in [5, 5.41) is 3.46. The van der Waals surface area contributed by atoms with Crippen molar-refractivity contribution in [3.05, 3.63) is 0 Å². The molecule has 3 aliphatic rings. The quantitative estimate of drug-likeness (QED) is 0.791. The Bertz CT molecular complexity index is 335. The lowest BCUT2D eigenvalue weighted by Gasteiger charge is -2.36. The maximum absolute atomic E-state index is 12.4. The van der Waals surface area contributed by atoms with Crippen molar-refractivity contribution in [2.45, 2.75) is 37.4 Å². The molecule has 3 rings (SSSR count). The summed E-state index contributed by atoms with van der Waals surface area (Å²) < 4.78 is 0. The second-order valence-corrected chi connectivity index (χ2v) is 7.58. The summed E-state index contributed by atoms with van der Waals surface area (Å²) in [4.78, 5) is 14.9. The molecule has 0 spiro atoms. The fourth-order valence-electron chi connectivity index (χ4n) is 3.55. The SMILES string of the molecule is CC1(C(=O)N2CCC(C3CCNC3)CC2)CC1Br. The van der Waals surface area contributed by atoms with Crippen LogP contribution in [-0.4, -0.2) is 41.8 Å². The molecule has 2 saturated heterocycles. The largest absolute Gasteiger partial charge is 0.342 e. The Labute approximate surface area is 118 Å². The number of alkyl halides is 1. The highest BCUT2D eigenvalue weighted by Gasteiger charge is 2.56. The smallest absolute Gasteiger partial charge is 0.229 e. The van der Waals surface area contributed by atoms with E-state index in [-0.39, 0.29) is 5.41 Å². The fourth-order valence-corrected chi connectivity index (χ4v) is 4.42. The summed E-state index contributed by atoms with van der Waals surface area (Å²) in [6.45, 7) is 6.44. The number of carbonyl (C=O) groups excluding carboxylic acids is 1. The Hall–Kier alpha value is -0.0900. The minimum atomic E-state index is -0.0955. The molecule has 3 unspecified atom stereocenters. The van der Waals surface area contributed by atoms with Crippen molar-refractivity contribution in [3.63, 3.8) is 0 Å². The van der Waals surface area contributed by atoms with Crippen LogP contribution < -0.4 is 5.32 Å². The predicted molar refractivity (Wildman–Crippen MR) is 75.7 cm³/mol. The number of hydrogen-bond acceptors (Lipinski definition) is 2. The maximum atomic E-state index is 12.4. The number of carbonyl (C=O) groups is 1. The van der Waals surface area contributed by atoms with E-state index in [1.54, 1.807) is 0 Å². The maximum Gasteiger partial charge on any atom is 0.229 e. The highest BCUT2D eigenvalue weighted by atomic mass is 79.9. The lowest BCUT2D eigenvalue weighted by Crippen LogP contribution is -2.43. The molecule has 3 atom stereocenters. The first-order valence-corrected chi connectivity index (χ1v) is 8.17. The van der Waals surface area contributed by atoms with Gasteiger partial charge in [0.25, 0.3) is 0 Å². The molecule has 0 aromatic heterocycles. The van der Waals surface area contributed by atoms with Gasteiger partial charge >= 0.3 is 0 Å². The monoisotopic (exact) mass is 314 g/mol. The average Bonchev–Trinajstić information content (AvgIpc) is 2.85. The molecular formula is C14H23BrN2O. The van der Waals surface area contributed by atoms with Crippen molar-refractivity contribution in [1.82, 2.24) is 10.2 Å². The highest BCUT2D eigenvalue weighted by molar-refractivity contribution is 9.09. The van der Waals surface area contributed by atoms with Crippen molar-refractivity contribution < 1.29 is 4.79 Å². The molecule has 1 aliphatic carbocycles. The van der Waals surface area contributed by atoms with Gasteiger partial charge in [0, 0.05) is 17.9 Å². The summed E-state index contributed by atoms with van der Waals surface area (Å²) in [6, 6.07) is 0. The zero-order valence-corrected chi connectivity index (χ0v) is 12.7. The second kappa shape index (κ2) is 4.78. The van der Waals surface area contributed by atoms with Gasteiger partial charge < -0.3 is 10.2 Å². The van der Waals surface area contributed by atoms with Crippen molar-refractivity contribution in [1.29, 1.82) is 0 Å². The number of nitrogens with zero attached hydrogens (tertiary/aromatic N) is 1. The number of halogens is 1. The molecule has 0 bridgehead atoms. The van der Waals surface area contributed by atoms with Crippen molar-refractivity contribution in [2.75, 3.05) is 26.2 Å². The van der Waals surface area contributed by atoms with Gasteiger partial charge in [-0.1, -0.05) is 15.9 Å². The Balaban J connectivity index is 1.52. The molecule has 1 amide bonds. The minimum Gasteiger partial charge on any atom is -0.342 e. The van der Waals surface area contributed by atoms with Gasteiger partial charge in [-0.3, -0.25) is 4.79 Å². The van der Waals surface area contributed by atoms with E-state index in [1.807, 2.05) is 0 Å². The fraction of sp³-hybridized carbons (Fsp3) is 0.929. The van der Waals surface area contributed by atoms with Gasteiger partial charge in [-0.2, -0.15) is 0 Å². The average molecular weight is 315 g/mol. The highest BCUT2D eigenvalue weighted by Crippen LogP contribution is 2.52. The Morgan fingerprint density at radius 1 is 1.28 bits per heavy atom. The number of hydrogen-bond donors (Lipinski definition) is 1. The minimum absolute atomic E-state index is 0.0955. The van der Waals surface area contributed by atoms with Gasteiger partial charge in [0.2, 0.25) is 5.91 Å². The standard InChI is InChI=1S/C14H23BrN2O/c1-14(8-12(14)15)13(18)17-6-3-10(4-7-17)11-2-5-16-9-11/h10-12,16H,2-9H2,1H3. The molecule has 1 saturated carbocycles. The molecule has 3 fully saturated rings. The number of likely N-dealkylation sites (tertiary alicyclic amines) is 1. The molecule has 0 aromatic carbocycles. The molecule has 3 nitrogen and oxygen atoms in total. The Morgan fingerprint density at radius 2 is 1.94 bits per heavy atom. The summed E-state index contributed by atoms with van der Waals surface area (Å²) in [5.74, 6) is 2.09. The molecule has 0 radical (unpaired) electrons. The Kier molecular flexibility index (Phi) is 3.43. The van der Waals surface area contributed by atoms with E-state index in [0.29, 0.717) is 10.7 Å². The van der Waals surface area contributed by atoms with Gasteiger partial charge in [-0.25, -0.2) is 0 Å². The van der Waals surface area contributed by atoms with E-state index in [1.165, 1.54) is 32.4 Å². The topological polar surface area (TPSA) is 32.3 Å². The number of amides is 1. The molecule has 4 heteroatoms. The summed E-state index contributed by atoms with van der Waals surface area (Å²) in [6.07, 6.45) is 4.76. The van der Waals surface area contributed by atoms with Crippen LogP contribution in [0.2, 0.25) is 0 Å². The van der Waals surface area contributed by atoms with Crippen LogP contribution in [0.3, 0.4) is 0 Å². The van der Waals surface area contributed by atoms with Gasteiger partial charge in [0.1, 0.15) is 0 Å². The molecule has 2 heterocycles. The van der Waals surface area contributed by atoms with Crippen LogP contribution in [0.15, 0.2) is 0 Å². The first kappa shape index (κ1) is 12.9. The van der Waals surface area contributed by atoms with Crippen molar-refractivity contribution in [3.8, 4) is 0 Å². The molecular weight excluding hydrogens is 292 g/mol. The van der Waals surface area contributed by atoms with Gasteiger partial charge in [0.15, 0.2) is 0 Å². The van der Waals surface area contributed by atoms with E-state index in [2.05, 4.69) is 33.1 Å². The zero-order chi connectivity index (χ0) is 12.8. The molecule has 1 N–H and O–H groups in total. The number of rotatable bonds is 2. The van der Waals surface area contributed by atoms with Crippen LogP contribution in [0.5, 0.6) is 0 Å². The van der Waals surface area contributed by atoms with Crippen LogP contribution in [0, 0.1) is 17.3 Å². The van der Waals surface area contributed by atoms with Gasteiger partial charge in [0.05, 0.1) is 5.41 Å². The van der Waals surface area contributed by atoms with Crippen LogP contribution in [-0.2, 0) is 4.79 Å². The van der Waals surface area contributed by atoms with E-state index in [0.717, 1.165) is 31.3 Å². The summed E-state index contributed by atoms with van der Waals surface area (Å²) in [7, 11) is 0. The van der Waals surface area contributed by atoms with Crippen LogP contribution in [0.25, 0.3) is 0 Å². The Morgan fingerprint density at radius 3 is 2.44 bits per heavy atom. The van der Waals surface area contributed by atoms with Crippen LogP contribution in [0.1, 0.15) is 32.6 Å². The first-order chi connectivity index (χ1) is 8.61. The van der Waals surface area contributed by atoms with E-state index < -0.39 is 0 Å². The third kappa shape index (κ3) is 2.22. The number of piperidine rings is 1. The van der Waals surface area contributed by atoms with Gasteiger partial charge in [-0.15, -0.1) is 0 Å². The van der Waals surface area contributed by atoms with Crippen LogP contribution in [0.4, 0.5) is 0 Å². The normalized spacial score (nSPS) is 41.1. The van der Waals surface area contributed by atoms with Crippen molar-refractivity contribution >= 4 is 21.8 Å². The third-order valence-corrected chi connectivity index (χ3v) is 6.55. The molecule has 102 valence electrons. The summed E-state index contributed by atoms with van der Waals surface area (Å²) in [5.41, 5.74) is -0.0955. The predicted octanol–water partition coefficient (Wildman–Crippen LogP) is 2.01. The zero-order valence-electron chi connectivity index (χ0n) is 11.1. The van der Waals surface area contributed by atoms with E-state index >= 15 is 0 Å². The number of nitrogens with one attached hydrogen (secondary N) is 1. The van der Waals surface area contributed by atoms with Gasteiger partial charge in [-0.05, 0) is 57.5 Å². The second-order valence-electron chi connectivity index (χ2n) is 6.47. The lowest BCUT2D eigenvalue weighted by atomic mass is 9.83. The summed E-state index contributed by atoms with van der Waals surface area (Å²) >= 11 is 3.58. The first-order valence-electron chi connectivity index (χ1n) is 7.25. The van der Waals surface area contributed by atoms with E-state index in [4.69, 9.17) is 0 Å². The van der Waals surface area contributed by atoms with Crippen molar-refractivity contribution in [2.24, 2.45) is 17.3 Å². The van der Waals surface area contributed by atoms with Crippen LogP contribution >= 0.6 is 15.9 Å². The van der Waals surface area contributed by atoms with E-state index in [9.17, 15) is 4.79 Å². The molecule has 18 heavy (non-hydrogen) atoms. The third-order valence-electron chi connectivity index (χ3n) is 5.21. The lowest BCUT2D eigenvalue weighted by molar-refractivity contribution is -0.137. The molecule has 0 aromatic rings. The molecule has 2 aliphatic heterocycles.